The van der Waals surface area contributed by atoms with Crippen molar-refractivity contribution in [2.45, 2.75) is 64.3 Å². The number of nitrogens with one attached hydrogen (secondary N) is 1. The third kappa shape index (κ3) is 18.5. The van der Waals surface area contributed by atoms with Crippen LogP contribution in [-0.4, -0.2) is 159 Å². The van der Waals surface area contributed by atoms with Gasteiger partial charge in [0.05, 0.1) is 68.0 Å². The van der Waals surface area contributed by atoms with Crippen LogP contribution in [0.5, 0.6) is 0 Å². The van der Waals surface area contributed by atoms with E-state index in [1.54, 1.807) is 11.4 Å². The molecular weight excluding hydrogens is 868 g/mol. The molecule has 334 valence electrons. The number of aliphatic carboxylic acids is 1. The van der Waals surface area contributed by atoms with Crippen molar-refractivity contribution in [3.8, 4) is 0 Å². The number of aromatic nitrogens is 3. The van der Waals surface area contributed by atoms with E-state index in [9.17, 15) is 28.8 Å². The van der Waals surface area contributed by atoms with Crippen LogP contribution in [0.1, 0.15) is 52.4 Å². The van der Waals surface area contributed by atoms with Crippen LogP contribution in [0.15, 0.2) is 24.3 Å². The summed E-state index contributed by atoms with van der Waals surface area (Å²) in [5, 5.41) is 17.3. The molecule has 6 aliphatic heterocycles. The molecule has 8 rings (SSSR count). The van der Waals surface area contributed by atoms with Crippen LogP contribution in [0, 0.1) is 10.8 Å². The molecule has 0 radical (unpaired) electrons. The predicted molar refractivity (Wildman–Crippen MR) is 207 cm³/mol. The average molecular weight is 920 g/mol. The molecule has 6 amide bonds. The van der Waals surface area contributed by atoms with Crippen molar-refractivity contribution in [2.24, 2.45) is 10.8 Å². The molecule has 2 aromatic rings. The smallest absolute Gasteiger partial charge is 0.303 e. The highest BCUT2D eigenvalue weighted by molar-refractivity contribution is 9.06. The highest BCUT2D eigenvalue weighted by atomic mass is 79.9. The molecule has 7 heterocycles. The fraction of sp³-hybridized carbons (Fsp3) is 0.583. The van der Waals surface area contributed by atoms with Gasteiger partial charge < -0.3 is 47.5 Å². The zero-order valence-corrected chi connectivity index (χ0v) is 34.8. The fourth-order valence-corrected chi connectivity index (χ4v) is 5.35. The highest BCUT2D eigenvalue weighted by Crippen LogP contribution is 2.41. The number of hydrogen-bond donors (Lipinski definition) is 2. The molecule has 6 fully saturated rings. The second-order valence-electron chi connectivity index (χ2n) is 13.7. The molecule has 60 heavy (non-hydrogen) atoms. The summed E-state index contributed by atoms with van der Waals surface area (Å²) in [6.07, 6.45) is 5.95. The van der Waals surface area contributed by atoms with Crippen LogP contribution < -0.4 is 5.32 Å². The van der Waals surface area contributed by atoms with Crippen LogP contribution >= 0.6 is 16.3 Å². The third-order valence-corrected chi connectivity index (χ3v) is 8.73. The standard InChI is InChI=1S/C11H17NO5.C9H15BrO4.C7H5N3O.C6H9NO4.C2H3NO2.CH2O/c1-10-5-15-11(16-6-10,17-7-10)3-2-4-12(8-13)9-14;1-8-5-11-9(12-6-8,13-7-8)3-2-4-14-10;11-5-10-7-4-2-1-3-6(7)8-9-10;8-4-7(5-9)3-1-2-6(10)11;4-1-3-2-5;1-2/h8-9H,2-7H2,1H3;2-7H2,1H3;1-5H;4-5H,1-3H2,(H,10,11);1-2H,(H,3,4,5);1H2. The Morgan fingerprint density at radius 1 is 0.783 bits per heavy atom. The number of hydrogen-bond acceptors (Lipinski definition) is 18. The number of imide groups is 3. The summed E-state index contributed by atoms with van der Waals surface area (Å²) in [5.74, 6) is -2.68. The summed E-state index contributed by atoms with van der Waals surface area (Å²) in [6, 6.07) is 7.30. The first-order valence-corrected chi connectivity index (χ1v) is 18.8. The quantitative estimate of drug-likeness (QED) is 0.144. The zero-order chi connectivity index (χ0) is 44.9. The number of amides is 6. The molecule has 23 nitrogen and oxygen atoms in total. The van der Waals surface area contributed by atoms with Crippen LogP contribution in [-0.2, 0) is 75.4 Å². The minimum Gasteiger partial charge on any atom is -0.481 e. The van der Waals surface area contributed by atoms with Gasteiger partial charge in [-0.3, -0.25) is 48.2 Å². The number of ether oxygens (including phenoxy) is 6. The predicted octanol–water partition coefficient (Wildman–Crippen LogP) is 0.588. The molecule has 6 saturated heterocycles. The molecule has 1 aromatic heterocycles. The maximum atomic E-state index is 10.4. The average Bonchev–Trinajstić information content (AvgIpc) is 3.71. The second-order valence-corrected chi connectivity index (χ2v) is 14.1. The van der Waals surface area contributed by atoms with Crippen molar-refractivity contribution in [2.75, 3.05) is 59.3 Å². The van der Waals surface area contributed by atoms with E-state index in [1.807, 2.05) is 25.0 Å². The summed E-state index contributed by atoms with van der Waals surface area (Å²) >= 11 is 2.91. The molecule has 0 unspecified atom stereocenters. The minimum absolute atomic E-state index is 0.0296. The Kier molecular flexibility index (Phi) is 25.2. The molecule has 24 heteroatoms. The van der Waals surface area contributed by atoms with E-state index >= 15 is 0 Å². The Morgan fingerprint density at radius 2 is 1.22 bits per heavy atom. The molecule has 0 saturated carbocycles. The van der Waals surface area contributed by atoms with E-state index in [0.29, 0.717) is 104 Å². The van der Waals surface area contributed by atoms with E-state index in [4.69, 9.17) is 51.7 Å². The highest BCUT2D eigenvalue weighted by Gasteiger charge is 2.50. The number of carboxylic acids is 1. The van der Waals surface area contributed by atoms with Gasteiger partial charge in [0.25, 0.3) is 11.9 Å². The number of carbonyl (C=O) groups is 9. The summed E-state index contributed by atoms with van der Waals surface area (Å²) in [4.78, 5) is 89.1. The van der Waals surface area contributed by atoms with Crippen molar-refractivity contribution >= 4 is 84.9 Å². The van der Waals surface area contributed by atoms with Gasteiger partial charge in [-0.05, 0) is 31.4 Å². The van der Waals surface area contributed by atoms with Gasteiger partial charge in [-0.2, -0.15) is 4.68 Å². The van der Waals surface area contributed by atoms with Crippen LogP contribution in [0.3, 0.4) is 0 Å². The Hall–Kier alpha value is -4.95. The monoisotopic (exact) mass is 918 g/mol. The van der Waals surface area contributed by atoms with Crippen molar-refractivity contribution in [1.82, 2.24) is 30.1 Å². The summed E-state index contributed by atoms with van der Waals surface area (Å²) in [7, 11) is 0. The normalized spacial score (nSPS) is 23.8. The minimum atomic E-state index is -0.963. The van der Waals surface area contributed by atoms with Gasteiger partial charge in [-0.15, -0.1) is 5.10 Å². The number of benzene rings is 1. The van der Waals surface area contributed by atoms with E-state index in [2.05, 4.69) is 40.4 Å². The van der Waals surface area contributed by atoms with Gasteiger partial charge in [0, 0.05) is 43.2 Å². The first-order chi connectivity index (χ1) is 28.8. The van der Waals surface area contributed by atoms with E-state index in [-0.39, 0.29) is 23.8 Å². The first-order valence-electron chi connectivity index (χ1n) is 18.1. The number of halogens is 1. The Balaban J connectivity index is 0.000000385. The first kappa shape index (κ1) is 53.1. The molecular formula is C36H51BrN6O17. The molecule has 4 bridgehead atoms. The van der Waals surface area contributed by atoms with Crippen molar-refractivity contribution in [3.63, 3.8) is 0 Å². The summed E-state index contributed by atoms with van der Waals surface area (Å²) in [6.45, 7) is 11.4. The molecule has 6 aliphatic rings. The lowest BCUT2D eigenvalue weighted by Gasteiger charge is -2.50. The van der Waals surface area contributed by atoms with Gasteiger partial charge in [0.1, 0.15) is 12.3 Å². The molecule has 0 aliphatic carbocycles. The van der Waals surface area contributed by atoms with Gasteiger partial charge in [-0.25, -0.2) is 0 Å². The molecule has 2 N–H and O–H groups in total. The van der Waals surface area contributed by atoms with E-state index in [0.717, 1.165) is 47.1 Å². The fourth-order valence-electron chi connectivity index (χ4n) is 5.13. The van der Waals surface area contributed by atoms with Gasteiger partial charge in [-0.1, -0.05) is 31.2 Å². The lowest BCUT2D eigenvalue weighted by molar-refractivity contribution is -0.467. The number of carbonyl (C=O) groups excluding carboxylic acids is 8. The molecule has 0 spiro atoms. The van der Waals surface area contributed by atoms with Crippen molar-refractivity contribution < 1.29 is 80.5 Å². The lowest BCUT2D eigenvalue weighted by Crippen LogP contribution is -2.58. The van der Waals surface area contributed by atoms with Crippen LogP contribution in [0.4, 0.5) is 0 Å². The van der Waals surface area contributed by atoms with E-state index < -0.39 is 17.9 Å². The van der Waals surface area contributed by atoms with Gasteiger partial charge in [0.2, 0.25) is 44.9 Å². The van der Waals surface area contributed by atoms with Crippen molar-refractivity contribution in [1.29, 1.82) is 0 Å². The Labute approximate surface area is 353 Å². The van der Waals surface area contributed by atoms with Crippen molar-refractivity contribution in [3.05, 3.63) is 24.3 Å². The maximum Gasteiger partial charge on any atom is 0.303 e. The second kappa shape index (κ2) is 28.5. The topological polar surface area (TPSA) is 288 Å². The SMILES string of the molecule is C=O.CC12COC(CCCN(C=O)C=O)(OC1)OC2.CC12COC(CCCOBr)(OC1)OC2.O=CN(C=O)CCCC(=O)O.O=CNC=O.O=Cn1nnc2ccccc21. The number of fused-ring (bicyclic) bond motifs is 7. The number of carboxylic acid groups (broad SMARTS) is 1. The number of para-hydroxylation sites is 1. The maximum absolute atomic E-state index is 10.4. The molecule has 0 atom stereocenters. The Morgan fingerprint density at radius 3 is 1.60 bits per heavy atom. The third-order valence-electron chi connectivity index (χ3n) is 8.41. The number of nitrogens with zero attached hydrogens (tertiary/aromatic N) is 5. The van der Waals surface area contributed by atoms with Crippen LogP contribution in [0.25, 0.3) is 11.0 Å². The lowest BCUT2D eigenvalue weighted by atomic mass is 9.91. The van der Waals surface area contributed by atoms with Crippen LogP contribution in [0.2, 0.25) is 0 Å². The Bertz CT molecular complexity index is 1560. The zero-order valence-electron chi connectivity index (χ0n) is 33.3. The summed E-state index contributed by atoms with van der Waals surface area (Å²) < 4.78 is 39.5. The van der Waals surface area contributed by atoms with Gasteiger partial charge >= 0.3 is 5.97 Å². The largest absolute Gasteiger partial charge is 0.481 e. The van der Waals surface area contributed by atoms with E-state index in [1.165, 1.54) is 4.68 Å². The number of rotatable bonds is 19. The van der Waals surface area contributed by atoms with Gasteiger partial charge in [0.15, 0.2) is 0 Å². The molecule has 1 aromatic carbocycles. The summed E-state index contributed by atoms with van der Waals surface area (Å²) in [5.41, 5.74) is 1.48.